The van der Waals surface area contributed by atoms with Crippen molar-refractivity contribution >= 4 is 23.1 Å². The number of carbonyl (C=O) groups is 2. The lowest BCUT2D eigenvalue weighted by atomic mass is 10.1. The quantitative estimate of drug-likeness (QED) is 0.834. The van der Waals surface area contributed by atoms with Crippen LogP contribution in [0.25, 0.3) is 0 Å². The first-order chi connectivity index (χ1) is 10.5. The van der Waals surface area contributed by atoms with Crippen molar-refractivity contribution in [2.75, 3.05) is 17.2 Å². The number of halogens is 2. The number of hydrogen-bond acceptors (Lipinski definition) is 3. The molecule has 6 heteroatoms. The van der Waals surface area contributed by atoms with Crippen molar-refractivity contribution in [2.45, 2.75) is 6.92 Å². The van der Waals surface area contributed by atoms with E-state index in [-0.39, 0.29) is 18.0 Å². The van der Waals surface area contributed by atoms with Gasteiger partial charge in [-0.1, -0.05) is 12.1 Å². The van der Waals surface area contributed by atoms with Crippen LogP contribution in [-0.2, 0) is 4.79 Å². The number of nitrogens with one attached hydrogen (secondary N) is 2. The minimum Gasteiger partial charge on any atom is -0.374 e. The van der Waals surface area contributed by atoms with Crippen LogP contribution in [0.4, 0.5) is 20.2 Å². The Labute approximate surface area is 126 Å². The van der Waals surface area contributed by atoms with Crippen molar-refractivity contribution in [1.29, 1.82) is 0 Å². The van der Waals surface area contributed by atoms with Crippen molar-refractivity contribution in [2.24, 2.45) is 0 Å². The number of amides is 1. The zero-order chi connectivity index (χ0) is 16.1. The van der Waals surface area contributed by atoms with Gasteiger partial charge in [-0.2, -0.15) is 0 Å². The summed E-state index contributed by atoms with van der Waals surface area (Å²) in [5.41, 5.74) is 0.841. The number of carbonyl (C=O) groups excluding carboxylic acids is 2. The third kappa shape index (κ3) is 4.12. The van der Waals surface area contributed by atoms with Gasteiger partial charge in [0.25, 0.3) is 0 Å². The number of rotatable bonds is 5. The molecule has 0 aliphatic carbocycles. The van der Waals surface area contributed by atoms with E-state index >= 15 is 0 Å². The summed E-state index contributed by atoms with van der Waals surface area (Å²) >= 11 is 0. The molecule has 2 N–H and O–H groups in total. The lowest BCUT2D eigenvalue weighted by molar-refractivity contribution is -0.114. The van der Waals surface area contributed by atoms with Crippen LogP contribution in [0.2, 0.25) is 0 Å². The molecule has 1 amide bonds. The van der Waals surface area contributed by atoms with Crippen molar-refractivity contribution in [3.8, 4) is 0 Å². The topological polar surface area (TPSA) is 58.2 Å². The maximum absolute atomic E-state index is 13.4. The summed E-state index contributed by atoms with van der Waals surface area (Å²) in [5.74, 6) is -1.80. The van der Waals surface area contributed by atoms with E-state index in [2.05, 4.69) is 10.6 Å². The van der Waals surface area contributed by atoms with Gasteiger partial charge in [-0.25, -0.2) is 8.78 Å². The summed E-state index contributed by atoms with van der Waals surface area (Å²) in [6.07, 6.45) is 0. The lowest BCUT2D eigenvalue weighted by Crippen LogP contribution is -2.22. The first kappa shape index (κ1) is 15.6. The molecule has 0 unspecified atom stereocenters. The van der Waals surface area contributed by atoms with Gasteiger partial charge < -0.3 is 10.6 Å². The molecule has 0 aromatic heterocycles. The number of anilines is 2. The first-order valence-corrected chi connectivity index (χ1v) is 6.55. The molecule has 2 rings (SSSR count). The monoisotopic (exact) mass is 304 g/mol. The first-order valence-electron chi connectivity index (χ1n) is 6.55. The zero-order valence-corrected chi connectivity index (χ0v) is 11.8. The Balaban J connectivity index is 1.97. The molecule has 0 saturated heterocycles. The smallest absolute Gasteiger partial charge is 0.243 e. The van der Waals surface area contributed by atoms with Crippen LogP contribution in [0.5, 0.6) is 0 Å². The van der Waals surface area contributed by atoms with Crippen molar-refractivity contribution in [3.05, 3.63) is 59.7 Å². The van der Waals surface area contributed by atoms with E-state index in [4.69, 9.17) is 0 Å². The van der Waals surface area contributed by atoms with Gasteiger partial charge in [0.1, 0.15) is 11.6 Å². The molecular formula is C16H14F2N2O2. The molecule has 0 fully saturated rings. The van der Waals surface area contributed by atoms with Crippen LogP contribution in [0.15, 0.2) is 42.5 Å². The molecule has 22 heavy (non-hydrogen) atoms. The average Bonchev–Trinajstić information content (AvgIpc) is 2.48. The van der Waals surface area contributed by atoms with Crippen LogP contribution in [0.3, 0.4) is 0 Å². The fraction of sp³-hybridized carbons (Fsp3) is 0.125. The van der Waals surface area contributed by atoms with Gasteiger partial charge in [-0.3, -0.25) is 9.59 Å². The Bertz CT molecular complexity index is 717. The molecule has 0 atom stereocenters. The summed E-state index contributed by atoms with van der Waals surface area (Å²) in [6, 6.07) is 9.40. The predicted molar refractivity (Wildman–Crippen MR) is 79.9 cm³/mol. The van der Waals surface area contributed by atoms with Gasteiger partial charge in [0, 0.05) is 11.3 Å². The van der Waals surface area contributed by atoms with Gasteiger partial charge in [0.05, 0.1) is 12.2 Å². The molecule has 0 heterocycles. The van der Waals surface area contributed by atoms with Crippen LogP contribution >= 0.6 is 0 Å². The number of hydrogen-bond donors (Lipinski definition) is 2. The van der Waals surface area contributed by atoms with Crippen LogP contribution in [0, 0.1) is 11.6 Å². The molecule has 0 saturated carbocycles. The van der Waals surface area contributed by atoms with E-state index in [0.29, 0.717) is 11.3 Å². The predicted octanol–water partition coefficient (Wildman–Crippen LogP) is 3.22. The maximum atomic E-state index is 13.4. The largest absolute Gasteiger partial charge is 0.374 e. The summed E-state index contributed by atoms with van der Waals surface area (Å²) in [5, 5.41) is 5.09. The minimum atomic E-state index is -0.646. The highest BCUT2D eigenvalue weighted by Crippen LogP contribution is 2.15. The summed E-state index contributed by atoms with van der Waals surface area (Å²) in [7, 11) is 0. The molecule has 0 aliphatic rings. The van der Waals surface area contributed by atoms with Crippen molar-refractivity contribution in [3.63, 3.8) is 0 Å². The van der Waals surface area contributed by atoms with Crippen LogP contribution in [0.1, 0.15) is 17.3 Å². The minimum absolute atomic E-state index is 0.0902. The molecule has 0 aliphatic heterocycles. The fourth-order valence-corrected chi connectivity index (χ4v) is 1.83. The Kier molecular flexibility index (Phi) is 4.83. The van der Waals surface area contributed by atoms with Gasteiger partial charge >= 0.3 is 0 Å². The Morgan fingerprint density at radius 1 is 1.09 bits per heavy atom. The van der Waals surface area contributed by atoms with Crippen LogP contribution < -0.4 is 10.6 Å². The van der Waals surface area contributed by atoms with Gasteiger partial charge in [-0.15, -0.1) is 0 Å². The molecule has 0 spiro atoms. The van der Waals surface area contributed by atoms with E-state index < -0.39 is 17.5 Å². The number of ketones is 1. The summed E-state index contributed by atoms with van der Waals surface area (Å²) in [6.45, 7) is 1.19. The molecule has 4 nitrogen and oxygen atoms in total. The molecular weight excluding hydrogens is 290 g/mol. The van der Waals surface area contributed by atoms with Gasteiger partial charge in [0.15, 0.2) is 5.78 Å². The van der Waals surface area contributed by atoms with E-state index in [1.807, 2.05) is 0 Å². The molecule has 2 aromatic rings. The Morgan fingerprint density at radius 2 is 1.86 bits per heavy atom. The maximum Gasteiger partial charge on any atom is 0.243 e. The third-order valence-electron chi connectivity index (χ3n) is 2.92. The standard InChI is InChI=1S/C16H14F2N2O2/c1-10(21)11-3-2-4-13(7-11)20-16(22)9-19-15-8-12(17)5-6-14(15)18/h2-8,19H,9H2,1H3,(H,20,22). The zero-order valence-electron chi connectivity index (χ0n) is 11.8. The van der Waals surface area contributed by atoms with Crippen molar-refractivity contribution < 1.29 is 18.4 Å². The van der Waals surface area contributed by atoms with E-state index in [1.54, 1.807) is 24.3 Å². The van der Waals surface area contributed by atoms with Gasteiger partial charge in [0.2, 0.25) is 5.91 Å². The van der Waals surface area contributed by atoms with Crippen molar-refractivity contribution in [1.82, 2.24) is 0 Å². The second-order valence-electron chi connectivity index (χ2n) is 4.66. The number of Topliss-reactive ketones (excluding diaryl/α,β-unsaturated/α-hetero) is 1. The SMILES string of the molecule is CC(=O)c1cccc(NC(=O)CNc2cc(F)ccc2F)c1. The lowest BCUT2D eigenvalue weighted by Gasteiger charge is -2.09. The molecule has 0 bridgehead atoms. The molecule has 2 aromatic carbocycles. The fourth-order valence-electron chi connectivity index (χ4n) is 1.83. The second-order valence-corrected chi connectivity index (χ2v) is 4.66. The normalized spacial score (nSPS) is 10.1. The summed E-state index contributed by atoms with van der Waals surface area (Å²) < 4.78 is 26.4. The Hall–Kier alpha value is -2.76. The van der Waals surface area contributed by atoms with E-state index in [9.17, 15) is 18.4 Å². The molecule has 114 valence electrons. The van der Waals surface area contributed by atoms with E-state index in [1.165, 1.54) is 6.92 Å². The third-order valence-corrected chi connectivity index (χ3v) is 2.92. The molecule has 0 radical (unpaired) electrons. The van der Waals surface area contributed by atoms with Crippen LogP contribution in [-0.4, -0.2) is 18.2 Å². The second kappa shape index (κ2) is 6.80. The highest BCUT2D eigenvalue weighted by molar-refractivity contribution is 5.98. The Morgan fingerprint density at radius 3 is 2.59 bits per heavy atom. The number of benzene rings is 2. The van der Waals surface area contributed by atoms with Gasteiger partial charge in [-0.05, 0) is 37.3 Å². The van der Waals surface area contributed by atoms with E-state index in [0.717, 1.165) is 18.2 Å². The average molecular weight is 304 g/mol. The summed E-state index contributed by atoms with van der Waals surface area (Å²) in [4.78, 5) is 23.0. The highest BCUT2D eigenvalue weighted by Gasteiger charge is 2.07. The highest BCUT2D eigenvalue weighted by atomic mass is 19.1.